The van der Waals surface area contributed by atoms with E-state index < -0.39 is 0 Å². The van der Waals surface area contributed by atoms with E-state index in [1.54, 1.807) is 31.0 Å². The summed E-state index contributed by atoms with van der Waals surface area (Å²) in [6, 6.07) is 6.06. The molecule has 0 amide bonds. The number of hydrogen-bond acceptors (Lipinski definition) is 1. The van der Waals surface area contributed by atoms with Crippen LogP contribution >= 0.6 is 0 Å². The second-order valence-electron chi connectivity index (χ2n) is 2.62. The summed E-state index contributed by atoms with van der Waals surface area (Å²) in [5.74, 6) is 0.177. The molecular weight excluding hydrogens is 155 g/mol. The Kier molecular flexibility index (Phi) is 2.43. The molecule has 0 aliphatic rings. The van der Waals surface area contributed by atoms with Gasteiger partial charge in [0.05, 0.1) is 5.84 Å². The van der Waals surface area contributed by atoms with E-state index in [4.69, 9.17) is 5.41 Å². The SMILES string of the molecule is CC(=N)N(C)c1ccc(F)cc1. The molecule has 12 heavy (non-hydrogen) atoms. The first kappa shape index (κ1) is 8.71. The summed E-state index contributed by atoms with van der Waals surface area (Å²) in [5.41, 5.74) is 0.823. The van der Waals surface area contributed by atoms with Crippen molar-refractivity contribution in [3.8, 4) is 0 Å². The van der Waals surface area contributed by atoms with E-state index in [0.717, 1.165) is 5.69 Å². The average molecular weight is 166 g/mol. The maximum absolute atomic E-state index is 12.5. The maximum Gasteiger partial charge on any atom is 0.123 e. The van der Waals surface area contributed by atoms with Crippen LogP contribution in [-0.4, -0.2) is 12.9 Å². The molecule has 0 aliphatic heterocycles. The normalized spacial score (nSPS) is 9.58. The molecule has 0 saturated heterocycles. The number of halogens is 1. The molecule has 3 heteroatoms. The summed E-state index contributed by atoms with van der Waals surface area (Å²) in [6.45, 7) is 1.68. The molecule has 0 radical (unpaired) electrons. The van der Waals surface area contributed by atoms with Gasteiger partial charge < -0.3 is 4.90 Å². The second-order valence-corrected chi connectivity index (χ2v) is 2.62. The lowest BCUT2D eigenvalue weighted by Crippen LogP contribution is -2.21. The van der Waals surface area contributed by atoms with Crippen LogP contribution in [0.2, 0.25) is 0 Å². The van der Waals surface area contributed by atoms with Gasteiger partial charge in [-0.25, -0.2) is 4.39 Å². The fraction of sp³-hybridized carbons (Fsp3) is 0.222. The van der Waals surface area contributed by atoms with E-state index >= 15 is 0 Å². The summed E-state index contributed by atoms with van der Waals surface area (Å²) < 4.78 is 12.5. The first-order valence-electron chi connectivity index (χ1n) is 3.65. The largest absolute Gasteiger partial charge is 0.334 e. The lowest BCUT2D eigenvalue weighted by Gasteiger charge is -2.16. The molecule has 0 aromatic heterocycles. The van der Waals surface area contributed by atoms with Crippen LogP contribution in [0.25, 0.3) is 0 Å². The van der Waals surface area contributed by atoms with Crippen molar-refractivity contribution in [2.24, 2.45) is 0 Å². The highest BCUT2D eigenvalue weighted by molar-refractivity contribution is 5.92. The van der Waals surface area contributed by atoms with Crippen LogP contribution in [0.15, 0.2) is 24.3 Å². The van der Waals surface area contributed by atoms with E-state index in [1.165, 1.54) is 12.1 Å². The molecule has 64 valence electrons. The topological polar surface area (TPSA) is 27.1 Å². The summed E-state index contributed by atoms with van der Waals surface area (Å²) in [7, 11) is 1.77. The molecule has 0 spiro atoms. The molecule has 0 unspecified atom stereocenters. The van der Waals surface area contributed by atoms with Gasteiger partial charge in [0, 0.05) is 12.7 Å². The molecule has 0 aliphatic carbocycles. The van der Waals surface area contributed by atoms with Gasteiger partial charge in [-0.05, 0) is 31.2 Å². The van der Waals surface area contributed by atoms with Gasteiger partial charge in [-0.1, -0.05) is 0 Å². The van der Waals surface area contributed by atoms with Gasteiger partial charge >= 0.3 is 0 Å². The summed E-state index contributed by atoms with van der Waals surface area (Å²) >= 11 is 0. The third kappa shape index (κ3) is 1.81. The molecule has 0 atom stereocenters. The Morgan fingerprint density at radius 2 is 1.83 bits per heavy atom. The average Bonchev–Trinajstić information content (AvgIpc) is 2.04. The fourth-order valence-electron chi connectivity index (χ4n) is 0.858. The Morgan fingerprint density at radius 1 is 1.33 bits per heavy atom. The highest BCUT2D eigenvalue weighted by Crippen LogP contribution is 2.12. The molecule has 0 fully saturated rings. The zero-order valence-electron chi connectivity index (χ0n) is 7.13. The fourth-order valence-corrected chi connectivity index (χ4v) is 0.858. The monoisotopic (exact) mass is 166 g/mol. The van der Waals surface area contributed by atoms with Crippen LogP contribution in [0, 0.1) is 11.2 Å². The van der Waals surface area contributed by atoms with E-state index in [9.17, 15) is 4.39 Å². The quantitative estimate of drug-likeness (QED) is 0.502. The van der Waals surface area contributed by atoms with E-state index in [2.05, 4.69) is 0 Å². The van der Waals surface area contributed by atoms with Crippen molar-refractivity contribution in [2.45, 2.75) is 6.92 Å². The van der Waals surface area contributed by atoms with Crippen molar-refractivity contribution in [1.29, 1.82) is 5.41 Å². The molecule has 1 aromatic carbocycles. The van der Waals surface area contributed by atoms with Gasteiger partial charge in [-0.2, -0.15) is 0 Å². The van der Waals surface area contributed by atoms with Crippen molar-refractivity contribution in [3.05, 3.63) is 30.1 Å². The van der Waals surface area contributed by atoms with Crippen molar-refractivity contribution >= 4 is 11.5 Å². The minimum Gasteiger partial charge on any atom is -0.334 e. The van der Waals surface area contributed by atoms with Crippen molar-refractivity contribution in [2.75, 3.05) is 11.9 Å². The molecule has 2 nitrogen and oxygen atoms in total. The third-order valence-electron chi connectivity index (χ3n) is 1.72. The molecule has 1 N–H and O–H groups in total. The van der Waals surface area contributed by atoms with Gasteiger partial charge in [0.25, 0.3) is 0 Å². The second kappa shape index (κ2) is 3.34. The van der Waals surface area contributed by atoms with Crippen molar-refractivity contribution in [1.82, 2.24) is 0 Å². The number of nitrogens with zero attached hydrogens (tertiary/aromatic N) is 1. The van der Waals surface area contributed by atoms with Crippen LogP contribution in [0.4, 0.5) is 10.1 Å². The Bertz CT molecular complexity index is 279. The molecule has 1 aromatic rings. The first-order chi connectivity index (χ1) is 5.61. The number of anilines is 1. The van der Waals surface area contributed by atoms with E-state index in [0.29, 0.717) is 5.84 Å². The van der Waals surface area contributed by atoms with Gasteiger partial charge in [-0.3, -0.25) is 5.41 Å². The molecular formula is C9H11FN2. The van der Waals surface area contributed by atoms with Crippen LogP contribution < -0.4 is 4.90 Å². The van der Waals surface area contributed by atoms with Gasteiger partial charge in [0.1, 0.15) is 5.82 Å². The highest BCUT2D eigenvalue weighted by Gasteiger charge is 2.01. The van der Waals surface area contributed by atoms with Crippen molar-refractivity contribution < 1.29 is 4.39 Å². The number of nitrogens with one attached hydrogen (secondary N) is 1. The number of rotatable bonds is 1. The molecule has 1 rings (SSSR count). The van der Waals surface area contributed by atoms with E-state index in [1.807, 2.05) is 0 Å². The lowest BCUT2D eigenvalue weighted by molar-refractivity contribution is 0.628. The number of benzene rings is 1. The Morgan fingerprint density at radius 3 is 2.25 bits per heavy atom. The predicted molar refractivity (Wildman–Crippen MR) is 48.2 cm³/mol. The van der Waals surface area contributed by atoms with Gasteiger partial charge in [-0.15, -0.1) is 0 Å². The zero-order valence-corrected chi connectivity index (χ0v) is 7.13. The smallest absolute Gasteiger partial charge is 0.123 e. The highest BCUT2D eigenvalue weighted by atomic mass is 19.1. The number of hydrogen-bond donors (Lipinski definition) is 1. The Hall–Kier alpha value is -1.38. The first-order valence-corrected chi connectivity index (χ1v) is 3.65. The Labute approximate surface area is 71.1 Å². The standard InChI is InChI=1S/C9H11FN2/c1-7(11)12(2)9-5-3-8(10)4-6-9/h3-6,11H,1-2H3. The van der Waals surface area contributed by atoms with Gasteiger partial charge in [0.15, 0.2) is 0 Å². The minimum absolute atomic E-state index is 0.255. The summed E-state index contributed by atoms with van der Waals surface area (Å²) in [6.07, 6.45) is 0. The summed E-state index contributed by atoms with van der Waals surface area (Å²) in [4.78, 5) is 1.68. The lowest BCUT2D eigenvalue weighted by atomic mass is 10.3. The Balaban J connectivity index is 2.89. The summed E-state index contributed by atoms with van der Waals surface area (Å²) in [5, 5.41) is 7.32. The predicted octanol–water partition coefficient (Wildman–Crippen LogP) is 2.26. The van der Waals surface area contributed by atoms with E-state index in [-0.39, 0.29) is 5.82 Å². The maximum atomic E-state index is 12.5. The molecule has 0 heterocycles. The van der Waals surface area contributed by atoms with Crippen LogP contribution in [0.3, 0.4) is 0 Å². The molecule has 0 bridgehead atoms. The van der Waals surface area contributed by atoms with Crippen LogP contribution in [0.1, 0.15) is 6.92 Å². The van der Waals surface area contributed by atoms with Crippen LogP contribution in [-0.2, 0) is 0 Å². The van der Waals surface area contributed by atoms with Crippen LogP contribution in [0.5, 0.6) is 0 Å². The number of amidine groups is 1. The third-order valence-corrected chi connectivity index (χ3v) is 1.72. The molecule has 0 saturated carbocycles. The minimum atomic E-state index is -0.255. The zero-order chi connectivity index (χ0) is 9.14. The van der Waals surface area contributed by atoms with Crippen molar-refractivity contribution in [3.63, 3.8) is 0 Å². The van der Waals surface area contributed by atoms with Gasteiger partial charge in [0.2, 0.25) is 0 Å².